The predicted octanol–water partition coefficient (Wildman–Crippen LogP) is 3.28. The van der Waals surface area contributed by atoms with Crippen LogP contribution in [-0.4, -0.2) is 18.8 Å². The molecule has 0 bridgehead atoms. The van der Waals surface area contributed by atoms with Crippen LogP contribution in [0.2, 0.25) is 0 Å². The minimum atomic E-state index is 0.0224. The molecule has 2 aromatic rings. The molecule has 0 spiro atoms. The van der Waals surface area contributed by atoms with E-state index in [1.807, 2.05) is 54.6 Å². The maximum absolute atomic E-state index is 8.78. The zero-order valence-corrected chi connectivity index (χ0v) is 11.5. The molecule has 104 valence electrons. The Morgan fingerprint density at radius 3 is 2.55 bits per heavy atom. The van der Waals surface area contributed by atoms with Gasteiger partial charge in [-0.05, 0) is 23.3 Å². The average molecular weight is 270 g/mol. The first kappa shape index (κ1) is 14.2. The second-order valence-electron chi connectivity index (χ2n) is 4.27. The normalized spacial score (nSPS) is 10.7. The van der Waals surface area contributed by atoms with Crippen molar-refractivity contribution >= 4 is 6.08 Å². The quantitative estimate of drug-likeness (QED) is 0.875. The maximum atomic E-state index is 8.78. The van der Waals surface area contributed by atoms with Crippen molar-refractivity contribution in [2.75, 3.05) is 13.7 Å². The van der Waals surface area contributed by atoms with Gasteiger partial charge in [0, 0.05) is 0 Å². The van der Waals surface area contributed by atoms with E-state index in [0.29, 0.717) is 18.1 Å². The van der Waals surface area contributed by atoms with E-state index in [0.717, 1.165) is 11.1 Å². The minimum absolute atomic E-state index is 0.0224. The molecule has 0 aliphatic carbocycles. The van der Waals surface area contributed by atoms with Crippen molar-refractivity contribution in [2.24, 2.45) is 0 Å². The second-order valence-corrected chi connectivity index (χ2v) is 4.27. The fourth-order valence-electron chi connectivity index (χ4n) is 1.83. The molecular formula is C17H18O3. The molecule has 3 nitrogen and oxygen atoms in total. The second kappa shape index (κ2) is 7.36. The number of benzene rings is 2. The van der Waals surface area contributed by atoms with E-state index < -0.39 is 0 Å². The van der Waals surface area contributed by atoms with Crippen molar-refractivity contribution in [3.63, 3.8) is 0 Å². The number of ether oxygens (including phenoxy) is 2. The highest BCUT2D eigenvalue weighted by atomic mass is 16.5. The molecule has 0 amide bonds. The first-order valence-corrected chi connectivity index (χ1v) is 6.45. The van der Waals surface area contributed by atoms with Crippen LogP contribution >= 0.6 is 0 Å². The maximum Gasteiger partial charge on any atom is 0.161 e. The molecule has 0 aromatic heterocycles. The van der Waals surface area contributed by atoms with E-state index in [1.54, 1.807) is 13.2 Å². The summed E-state index contributed by atoms with van der Waals surface area (Å²) in [6, 6.07) is 15.7. The molecule has 0 saturated carbocycles. The summed E-state index contributed by atoms with van der Waals surface area (Å²) in [4.78, 5) is 0. The third-order valence-corrected chi connectivity index (χ3v) is 2.84. The van der Waals surface area contributed by atoms with Gasteiger partial charge in [0.2, 0.25) is 0 Å². The van der Waals surface area contributed by atoms with Gasteiger partial charge in [0.15, 0.2) is 11.5 Å². The number of hydrogen-bond donors (Lipinski definition) is 1. The lowest BCUT2D eigenvalue weighted by molar-refractivity contribution is 0.284. The van der Waals surface area contributed by atoms with E-state index in [4.69, 9.17) is 14.6 Å². The van der Waals surface area contributed by atoms with Gasteiger partial charge < -0.3 is 14.6 Å². The third kappa shape index (κ3) is 3.87. The van der Waals surface area contributed by atoms with Crippen LogP contribution in [0.4, 0.5) is 0 Å². The summed E-state index contributed by atoms with van der Waals surface area (Å²) in [5, 5.41) is 8.78. The Labute approximate surface area is 119 Å². The molecule has 0 heterocycles. The summed E-state index contributed by atoms with van der Waals surface area (Å²) < 4.78 is 11.1. The molecular weight excluding hydrogens is 252 g/mol. The van der Waals surface area contributed by atoms with Gasteiger partial charge >= 0.3 is 0 Å². The Bertz CT molecular complexity index is 562. The summed E-state index contributed by atoms with van der Waals surface area (Å²) in [6.07, 6.45) is 3.52. The Morgan fingerprint density at radius 1 is 1.05 bits per heavy atom. The number of methoxy groups -OCH3 is 1. The van der Waals surface area contributed by atoms with E-state index >= 15 is 0 Å². The van der Waals surface area contributed by atoms with Gasteiger partial charge in [-0.15, -0.1) is 0 Å². The van der Waals surface area contributed by atoms with Gasteiger partial charge in [0.25, 0.3) is 0 Å². The van der Waals surface area contributed by atoms with Gasteiger partial charge in [0.05, 0.1) is 13.7 Å². The Balaban J connectivity index is 2.09. The van der Waals surface area contributed by atoms with Crippen molar-refractivity contribution < 1.29 is 14.6 Å². The molecule has 2 aromatic carbocycles. The molecule has 3 heteroatoms. The third-order valence-electron chi connectivity index (χ3n) is 2.84. The Morgan fingerprint density at radius 2 is 1.85 bits per heavy atom. The van der Waals surface area contributed by atoms with Gasteiger partial charge in [0.1, 0.15) is 6.61 Å². The highest BCUT2D eigenvalue weighted by Gasteiger charge is 2.05. The van der Waals surface area contributed by atoms with Gasteiger partial charge in [-0.25, -0.2) is 0 Å². The monoisotopic (exact) mass is 270 g/mol. The summed E-state index contributed by atoms with van der Waals surface area (Å²) in [5.74, 6) is 1.39. The van der Waals surface area contributed by atoms with Gasteiger partial charge in [-0.1, -0.05) is 48.6 Å². The van der Waals surface area contributed by atoms with E-state index in [-0.39, 0.29) is 6.61 Å². The van der Waals surface area contributed by atoms with Crippen LogP contribution in [0.15, 0.2) is 54.6 Å². The van der Waals surface area contributed by atoms with Crippen LogP contribution in [0, 0.1) is 0 Å². The lowest BCUT2D eigenvalue weighted by Crippen LogP contribution is -1.97. The smallest absolute Gasteiger partial charge is 0.161 e. The van der Waals surface area contributed by atoms with Crippen LogP contribution < -0.4 is 9.47 Å². The number of aliphatic hydroxyl groups excluding tert-OH is 1. The molecule has 0 saturated heterocycles. The fourth-order valence-corrected chi connectivity index (χ4v) is 1.83. The summed E-state index contributed by atoms with van der Waals surface area (Å²) >= 11 is 0. The predicted molar refractivity (Wildman–Crippen MR) is 79.9 cm³/mol. The van der Waals surface area contributed by atoms with Crippen molar-refractivity contribution in [2.45, 2.75) is 6.61 Å². The molecule has 0 fully saturated rings. The average Bonchev–Trinajstić information content (AvgIpc) is 2.52. The van der Waals surface area contributed by atoms with Crippen LogP contribution in [0.25, 0.3) is 6.08 Å². The van der Waals surface area contributed by atoms with Crippen LogP contribution in [0.1, 0.15) is 11.1 Å². The first-order chi connectivity index (χ1) is 9.83. The zero-order chi connectivity index (χ0) is 14.2. The number of aliphatic hydroxyl groups is 1. The summed E-state index contributed by atoms with van der Waals surface area (Å²) in [7, 11) is 1.62. The molecule has 0 atom stereocenters. The van der Waals surface area contributed by atoms with Crippen LogP contribution in [-0.2, 0) is 6.61 Å². The zero-order valence-electron chi connectivity index (χ0n) is 11.5. The van der Waals surface area contributed by atoms with Crippen molar-refractivity contribution in [3.8, 4) is 11.5 Å². The number of rotatable bonds is 6. The minimum Gasteiger partial charge on any atom is -0.493 e. The fraction of sp³-hybridized carbons (Fsp3) is 0.176. The van der Waals surface area contributed by atoms with Crippen molar-refractivity contribution in [1.29, 1.82) is 0 Å². The lowest BCUT2D eigenvalue weighted by atomic mass is 10.2. The molecule has 1 N–H and O–H groups in total. The van der Waals surface area contributed by atoms with E-state index in [9.17, 15) is 0 Å². The lowest BCUT2D eigenvalue weighted by Gasteiger charge is -2.11. The highest BCUT2D eigenvalue weighted by molar-refractivity contribution is 5.55. The molecule has 0 unspecified atom stereocenters. The molecule has 0 aliphatic heterocycles. The van der Waals surface area contributed by atoms with E-state index in [1.165, 1.54) is 0 Å². The molecule has 20 heavy (non-hydrogen) atoms. The largest absolute Gasteiger partial charge is 0.493 e. The van der Waals surface area contributed by atoms with Crippen molar-refractivity contribution in [3.05, 3.63) is 65.7 Å². The molecule has 2 rings (SSSR count). The topological polar surface area (TPSA) is 38.7 Å². The molecule has 0 aliphatic rings. The van der Waals surface area contributed by atoms with Crippen LogP contribution in [0.3, 0.4) is 0 Å². The van der Waals surface area contributed by atoms with Gasteiger partial charge in [-0.2, -0.15) is 0 Å². The highest BCUT2D eigenvalue weighted by Crippen LogP contribution is 2.29. The Kier molecular flexibility index (Phi) is 5.21. The Hall–Kier alpha value is -2.26. The van der Waals surface area contributed by atoms with Gasteiger partial charge in [-0.3, -0.25) is 0 Å². The van der Waals surface area contributed by atoms with Crippen molar-refractivity contribution in [1.82, 2.24) is 0 Å². The SMILES string of the molecule is COc1cc(/C=C/CO)ccc1OCc1ccccc1. The summed E-state index contributed by atoms with van der Waals surface area (Å²) in [5.41, 5.74) is 2.07. The summed E-state index contributed by atoms with van der Waals surface area (Å²) in [6.45, 7) is 0.525. The number of hydrogen-bond acceptors (Lipinski definition) is 3. The van der Waals surface area contributed by atoms with E-state index in [2.05, 4.69) is 0 Å². The van der Waals surface area contributed by atoms with Crippen LogP contribution in [0.5, 0.6) is 11.5 Å². The first-order valence-electron chi connectivity index (χ1n) is 6.45. The standard InChI is InChI=1S/C17H18O3/c1-19-17-12-14(8-5-11-18)9-10-16(17)20-13-15-6-3-2-4-7-15/h2-10,12,18H,11,13H2,1H3/b8-5+. The molecule has 0 radical (unpaired) electrons.